The molecular weight excluding hydrogens is 354 g/mol. The average molecular weight is 371 g/mol. The minimum Gasteiger partial charge on any atom is -0.465 e. The summed E-state index contributed by atoms with van der Waals surface area (Å²) < 4.78 is 4.71. The van der Waals surface area contributed by atoms with Crippen LogP contribution in [-0.4, -0.2) is 19.0 Å². The maximum Gasteiger partial charge on any atom is 0.339 e. The summed E-state index contributed by atoms with van der Waals surface area (Å²) in [7, 11) is 1.26. The van der Waals surface area contributed by atoms with Crippen LogP contribution in [0.1, 0.15) is 10.4 Å². The highest BCUT2D eigenvalue weighted by molar-refractivity contribution is 6.10. The van der Waals surface area contributed by atoms with E-state index in [9.17, 15) is 14.9 Å². The number of fused-ring (bicyclic) bond motifs is 1. The van der Waals surface area contributed by atoms with E-state index in [1.54, 1.807) is 18.2 Å². The van der Waals surface area contributed by atoms with Crippen LogP contribution < -0.4 is 10.6 Å². The molecule has 3 rings (SSSR count). The molecule has 0 saturated carbocycles. The van der Waals surface area contributed by atoms with Crippen molar-refractivity contribution in [2.75, 3.05) is 17.7 Å². The van der Waals surface area contributed by atoms with Gasteiger partial charge in [0, 0.05) is 17.3 Å². The van der Waals surface area contributed by atoms with E-state index in [4.69, 9.17) is 4.74 Å². The van der Waals surface area contributed by atoms with Crippen LogP contribution in [0.3, 0.4) is 0 Å². The van der Waals surface area contributed by atoms with E-state index in [2.05, 4.69) is 10.6 Å². The maximum atomic E-state index is 12.5. The van der Waals surface area contributed by atoms with Crippen LogP contribution in [0.15, 0.2) is 78.5 Å². The number of nitrogens with zero attached hydrogens (tertiary/aromatic N) is 1. The first-order valence-corrected chi connectivity index (χ1v) is 8.47. The Morgan fingerprint density at radius 1 is 0.964 bits per heavy atom. The number of rotatable bonds is 5. The van der Waals surface area contributed by atoms with Crippen molar-refractivity contribution < 1.29 is 14.3 Å². The van der Waals surface area contributed by atoms with E-state index in [-0.39, 0.29) is 16.8 Å². The van der Waals surface area contributed by atoms with Crippen LogP contribution in [-0.2, 0) is 9.53 Å². The summed E-state index contributed by atoms with van der Waals surface area (Å²) in [6.45, 7) is 0. The molecule has 0 saturated heterocycles. The average Bonchev–Trinajstić information content (AvgIpc) is 2.74. The second kappa shape index (κ2) is 8.52. The molecule has 0 atom stereocenters. The van der Waals surface area contributed by atoms with Gasteiger partial charge in [-0.3, -0.25) is 4.79 Å². The van der Waals surface area contributed by atoms with Crippen molar-refractivity contribution in [1.82, 2.24) is 0 Å². The van der Waals surface area contributed by atoms with Gasteiger partial charge >= 0.3 is 5.97 Å². The molecule has 2 N–H and O–H groups in total. The molecule has 138 valence electrons. The summed E-state index contributed by atoms with van der Waals surface area (Å²) in [5.74, 6) is -1.21. The number of hydrogen-bond acceptors (Lipinski definition) is 5. The predicted octanol–water partition coefficient (Wildman–Crippen LogP) is 4.08. The van der Waals surface area contributed by atoms with Crippen molar-refractivity contribution in [3.05, 3.63) is 84.1 Å². The lowest BCUT2D eigenvalue weighted by Gasteiger charge is -2.10. The Bertz CT molecular complexity index is 1110. The highest BCUT2D eigenvalue weighted by Crippen LogP contribution is 2.23. The van der Waals surface area contributed by atoms with Crippen molar-refractivity contribution in [2.45, 2.75) is 0 Å². The van der Waals surface area contributed by atoms with Gasteiger partial charge in [-0.05, 0) is 23.6 Å². The third-order valence-corrected chi connectivity index (χ3v) is 4.11. The molecular formula is C22H17N3O3. The number of esters is 1. The van der Waals surface area contributed by atoms with Crippen LogP contribution >= 0.6 is 0 Å². The van der Waals surface area contributed by atoms with Crippen molar-refractivity contribution in [3.63, 3.8) is 0 Å². The molecule has 0 bridgehead atoms. The molecule has 3 aromatic carbocycles. The SMILES string of the molecule is COC(=O)c1ccccc1NC(=O)/C(C#N)=C\Nc1cccc2ccccc12. The Hall–Kier alpha value is -4.11. The second-order valence-corrected chi connectivity index (χ2v) is 5.83. The van der Waals surface area contributed by atoms with Gasteiger partial charge in [0.15, 0.2) is 0 Å². The second-order valence-electron chi connectivity index (χ2n) is 5.83. The Balaban J connectivity index is 1.83. The van der Waals surface area contributed by atoms with Gasteiger partial charge in [-0.25, -0.2) is 4.79 Å². The number of benzene rings is 3. The number of para-hydroxylation sites is 1. The Labute approximate surface area is 162 Å². The molecule has 1 amide bonds. The van der Waals surface area contributed by atoms with Crippen LogP contribution in [0.5, 0.6) is 0 Å². The fourth-order valence-electron chi connectivity index (χ4n) is 2.72. The number of ether oxygens (including phenoxy) is 1. The van der Waals surface area contributed by atoms with Gasteiger partial charge in [0.2, 0.25) is 0 Å². The Morgan fingerprint density at radius 2 is 1.64 bits per heavy atom. The third-order valence-electron chi connectivity index (χ3n) is 4.11. The van der Waals surface area contributed by atoms with E-state index in [1.165, 1.54) is 19.4 Å². The zero-order valence-electron chi connectivity index (χ0n) is 15.1. The number of anilines is 2. The molecule has 0 fully saturated rings. The number of carbonyl (C=O) groups excluding carboxylic acids is 2. The lowest BCUT2D eigenvalue weighted by Crippen LogP contribution is -2.17. The standard InChI is InChI=1S/C22H17N3O3/c1-28-22(27)18-10-4-5-11-20(18)25-21(26)16(13-23)14-24-19-12-6-8-15-7-2-3-9-17(15)19/h2-12,14,24H,1H3,(H,25,26)/b16-14-. The zero-order valence-corrected chi connectivity index (χ0v) is 15.1. The van der Waals surface area contributed by atoms with Crippen molar-refractivity contribution in [2.24, 2.45) is 0 Å². The molecule has 0 spiro atoms. The van der Waals surface area contributed by atoms with Gasteiger partial charge in [0.25, 0.3) is 5.91 Å². The highest BCUT2D eigenvalue weighted by Gasteiger charge is 2.15. The number of hydrogen-bond donors (Lipinski definition) is 2. The summed E-state index contributed by atoms with van der Waals surface area (Å²) in [5, 5.41) is 17.0. The van der Waals surface area contributed by atoms with Gasteiger partial charge in [-0.2, -0.15) is 5.26 Å². The monoisotopic (exact) mass is 371 g/mol. The lowest BCUT2D eigenvalue weighted by molar-refractivity contribution is -0.112. The molecule has 0 aliphatic heterocycles. The Morgan fingerprint density at radius 3 is 2.43 bits per heavy atom. The number of nitrogens with one attached hydrogen (secondary N) is 2. The summed E-state index contributed by atoms with van der Waals surface area (Å²) in [6, 6.07) is 21.8. The number of nitriles is 1. The minimum absolute atomic E-state index is 0.132. The molecule has 3 aromatic rings. The minimum atomic E-state index is -0.633. The van der Waals surface area contributed by atoms with Crippen LogP contribution in [0.4, 0.5) is 11.4 Å². The van der Waals surface area contributed by atoms with E-state index in [1.807, 2.05) is 48.5 Å². The first-order chi connectivity index (χ1) is 13.6. The van der Waals surface area contributed by atoms with Gasteiger partial charge in [0.1, 0.15) is 11.6 Å². The quantitative estimate of drug-likeness (QED) is 0.400. The predicted molar refractivity (Wildman–Crippen MR) is 108 cm³/mol. The summed E-state index contributed by atoms with van der Waals surface area (Å²) >= 11 is 0. The molecule has 0 radical (unpaired) electrons. The van der Waals surface area contributed by atoms with Gasteiger partial charge in [-0.15, -0.1) is 0 Å². The fourth-order valence-corrected chi connectivity index (χ4v) is 2.72. The topological polar surface area (TPSA) is 91.2 Å². The number of amides is 1. The van der Waals surface area contributed by atoms with E-state index >= 15 is 0 Å². The Kier molecular flexibility index (Phi) is 5.68. The molecule has 0 heterocycles. The molecule has 6 heteroatoms. The normalized spacial score (nSPS) is 10.8. The van der Waals surface area contributed by atoms with Gasteiger partial charge in [-0.1, -0.05) is 48.5 Å². The molecule has 0 aromatic heterocycles. The van der Waals surface area contributed by atoms with Crippen molar-refractivity contribution >= 4 is 34.0 Å². The van der Waals surface area contributed by atoms with Crippen LogP contribution in [0, 0.1) is 11.3 Å². The van der Waals surface area contributed by atoms with E-state index < -0.39 is 11.9 Å². The van der Waals surface area contributed by atoms with Crippen molar-refractivity contribution in [3.8, 4) is 6.07 Å². The fraction of sp³-hybridized carbons (Fsp3) is 0.0455. The van der Waals surface area contributed by atoms with Crippen LogP contribution in [0.25, 0.3) is 10.8 Å². The summed E-state index contributed by atoms with van der Waals surface area (Å²) in [6.07, 6.45) is 1.35. The smallest absolute Gasteiger partial charge is 0.339 e. The molecule has 0 unspecified atom stereocenters. The van der Waals surface area contributed by atoms with Gasteiger partial charge in [0.05, 0.1) is 18.4 Å². The number of methoxy groups -OCH3 is 1. The lowest BCUT2D eigenvalue weighted by atomic mass is 10.1. The highest BCUT2D eigenvalue weighted by atomic mass is 16.5. The summed E-state index contributed by atoms with van der Waals surface area (Å²) in [5.41, 5.74) is 1.12. The zero-order chi connectivity index (χ0) is 19.9. The van der Waals surface area contributed by atoms with E-state index in [0.29, 0.717) is 0 Å². The number of carbonyl (C=O) groups is 2. The van der Waals surface area contributed by atoms with E-state index in [0.717, 1.165) is 16.5 Å². The van der Waals surface area contributed by atoms with Crippen molar-refractivity contribution in [1.29, 1.82) is 5.26 Å². The molecule has 0 aliphatic rings. The third kappa shape index (κ3) is 4.00. The first kappa shape index (κ1) is 18.7. The largest absolute Gasteiger partial charge is 0.465 e. The molecule has 0 aliphatic carbocycles. The summed E-state index contributed by atoms with van der Waals surface area (Å²) in [4.78, 5) is 24.3. The maximum absolute atomic E-state index is 12.5. The molecule has 28 heavy (non-hydrogen) atoms. The van der Waals surface area contributed by atoms with Gasteiger partial charge < -0.3 is 15.4 Å². The molecule has 6 nitrogen and oxygen atoms in total. The first-order valence-electron chi connectivity index (χ1n) is 8.47. The van der Waals surface area contributed by atoms with Crippen LogP contribution in [0.2, 0.25) is 0 Å².